The molecule has 0 saturated carbocycles. The first-order valence-electron chi connectivity index (χ1n) is 8.08. The number of methoxy groups -OCH3 is 1. The predicted molar refractivity (Wildman–Crippen MR) is 98.8 cm³/mol. The average molecular weight is 343 g/mol. The Kier molecular flexibility index (Phi) is 5.64. The third-order valence-electron chi connectivity index (χ3n) is 3.61. The number of carbonyl (C=O) groups excluding carboxylic acids is 1. The van der Waals surface area contributed by atoms with Gasteiger partial charge in [-0.15, -0.1) is 0 Å². The van der Waals surface area contributed by atoms with Gasteiger partial charge >= 0.3 is 5.97 Å². The van der Waals surface area contributed by atoms with Gasteiger partial charge in [0.15, 0.2) is 0 Å². The Balaban J connectivity index is 1.65. The summed E-state index contributed by atoms with van der Waals surface area (Å²) in [7, 11) is 1.32. The molecule has 1 aromatic heterocycles. The Morgan fingerprint density at radius 3 is 2.42 bits per heavy atom. The lowest BCUT2D eigenvalue weighted by atomic mass is 10.2. The number of rotatable bonds is 4. The van der Waals surface area contributed by atoms with Crippen LogP contribution in [0, 0.1) is 11.8 Å². The molecule has 0 saturated heterocycles. The van der Waals surface area contributed by atoms with Crippen molar-refractivity contribution in [3.63, 3.8) is 0 Å². The molecule has 3 aromatic rings. The molecular formula is C22H17NO3. The molecule has 3 rings (SSSR count). The number of benzene rings is 2. The first kappa shape index (κ1) is 17.2. The van der Waals surface area contributed by atoms with Crippen molar-refractivity contribution in [3.8, 4) is 17.6 Å². The van der Waals surface area contributed by atoms with Gasteiger partial charge in [-0.3, -0.25) is 0 Å². The van der Waals surface area contributed by atoms with E-state index in [9.17, 15) is 4.79 Å². The summed E-state index contributed by atoms with van der Waals surface area (Å²) in [5.41, 5.74) is 2.91. The lowest BCUT2D eigenvalue weighted by molar-refractivity contribution is 0.0594. The van der Waals surface area contributed by atoms with Crippen molar-refractivity contribution in [3.05, 3.63) is 95.3 Å². The molecule has 0 aliphatic rings. The van der Waals surface area contributed by atoms with E-state index in [0.29, 0.717) is 12.2 Å². The van der Waals surface area contributed by atoms with Gasteiger partial charge in [-0.25, -0.2) is 9.78 Å². The maximum atomic E-state index is 11.5. The van der Waals surface area contributed by atoms with Crippen LogP contribution in [0.5, 0.6) is 5.75 Å². The number of esters is 1. The van der Waals surface area contributed by atoms with E-state index in [0.717, 1.165) is 16.9 Å². The van der Waals surface area contributed by atoms with E-state index < -0.39 is 5.97 Å². The van der Waals surface area contributed by atoms with Crippen LogP contribution in [0.3, 0.4) is 0 Å². The summed E-state index contributed by atoms with van der Waals surface area (Å²) < 4.78 is 10.4. The van der Waals surface area contributed by atoms with Gasteiger partial charge in [0.05, 0.1) is 7.11 Å². The lowest BCUT2D eigenvalue weighted by Gasteiger charge is -2.05. The summed E-state index contributed by atoms with van der Waals surface area (Å²) in [6.07, 6.45) is 1.54. The van der Waals surface area contributed by atoms with Gasteiger partial charge in [0.25, 0.3) is 0 Å². The summed E-state index contributed by atoms with van der Waals surface area (Å²) >= 11 is 0. The van der Waals surface area contributed by atoms with Gasteiger partial charge in [-0.05, 0) is 42.0 Å². The molecule has 0 bridgehead atoms. The van der Waals surface area contributed by atoms with Crippen LogP contribution in [0.4, 0.5) is 0 Å². The standard InChI is InChI=1S/C22H17NO3/c1-25-22(24)21-15-18(13-14-23-21)8-7-17-9-11-20(12-10-17)26-16-19-5-3-2-4-6-19/h2-6,9-15H,16H2,1H3. The summed E-state index contributed by atoms with van der Waals surface area (Å²) in [6.45, 7) is 0.527. The zero-order valence-corrected chi connectivity index (χ0v) is 14.3. The monoisotopic (exact) mass is 343 g/mol. The molecule has 4 nitrogen and oxygen atoms in total. The van der Waals surface area contributed by atoms with Gasteiger partial charge in [-0.2, -0.15) is 0 Å². The third kappa shape index (κ3) is 4.71. The zero-order chi connectivity index (χ0) is 18.2. The smallest absolute Gasteiger partial charge is 0.356 e. The van der Waals surface area contributed by atoms with Crippen molar-refractivity contribution in [2.45, 2.75) is 6.61 Å². The van der Waals surface area contributed by atoms with Crippen LogP contribution in [0.1, 0.15) is 27.2 Å². The largest absolute Gasteiger partial charge is 0.489 e. The maximum Gasteiger partial charge on any atom is 0.356 e. The SMILES string of the molecule is COC(=O)c1cc(C#Cc2ccc(OCc3ccccc3)cc2)ccn1. The first-order valence-corrected chi connectivity index (χ1v) is 8.08. The molecule has 0 amide bonds. The normalized spacial score (nSPS) is 9.73. The van der Waals surface area contributed by atoms with Crippen molar-refractivity contribution in [2.24, 2.45) is 0 Å². The molecule has 0 N–H and O–H groups in total. The fourth-order valence-electron chi connectivity index (χ4n) is 2.24. The highest BCUT2D eigenvalue weighted by Gasteiger charge is 2.06. The van der Waals surface area contributed by atoms with Gasteiger partial charge in [-0.1, -0.05) is 42.2 Å². The quantitative estimate of drug-likeness (QED) is 0.533. The van der Waals surface area contributed by atoms with Gasteiger partial charge in [0.2, 0.25) is 0 Å². The van der Waals surface area contributed by atoms with Crippen LogP contribution < -0.4 is 4.74 Å². The maximum absolute atomic E-state index is 11.5. The van der Waals surface area contributed by atoms with Gasteiger partial charge in [0, 0.05) is 17.3 Å². The van der Waals surface area contributed by atoms with Crippen molar-refractivity contribution in [1.29, 1.82) is 0 Å². The summed E-state index contributed by atoms with van der Waals surface area (Å²) in [6, 6.07) is 20.9. The lowest BCUT2D eigenvalue weighted by Crippen LogP contribution is -2.03. The minimum atomic E-state index is -0.478. The second-order valence-electron chi connectivity index (χ2n) is 5.47. The molecule has 0 unspecified atom stereocenters. The topological polar surface area (TPSA) is 48.4 Å². The molecule has 0 radical (unpaired) electrons. The van der Waals surface area contributed by atoms with E-state index >= 15 is 0 Å². The van der Waals surface area contributed by atoms with Crippen LogP contribution in [0.25, 0.3) is 0 Å². The molecule has 26 heavy (non-hydrogen) atoms. The number of aromatic nitrogens is 1. The molecular weight excluding hydrogens is 326 g/mol. The molecule has 2 aromatic carbocycles. The van der Waals surface area contributed by atoms with E-state index in [2.05, 4.69) is 21.6 Å². The molecule has 0 aliphatic heterocycles. The van der Waals surface area contributed by atoms with E-state index in [1.54, 1.807) is 12.1 Å². The Bertz CT molecular complexity index is 938. The van der Waals surface area contributed by atoms with E-state index in [1.807, 2.05) is 54.6 Å². The first-order chi connectivity index (χ1) is 12.7. The third-order valence-corrected chi connectivity index (χ3v) is 3.61. The average Bonchev–Trinajstić information content (AvgIpc) is 2.72. The van der Waals surface area contributed by atoms with Crippen LogP contribution >= 0.6 is 0 Å². The number of ether oxygens (including phenoxy) is 2. The number of nitrogens with zero attached hydrogens (tertiary/aromatic N) is 1. The van der Waals surface area contributed by atoms with Crippen LogP contribution in [0.2, 0.25) is 0 Å². The molecule has 0 atom stereocenters. The zero-order valence-electron chi connectivity index (χ0n) is 14.3. The van der Waals surface area contributed by atoms with Crippen LogP contribution in [-0.2, 0) is 11.3 Å². The Morgan fingerprint density at radius 2 is 1.69 bits per heavy atom. The highest BCUT2D eigenvalue weighted by atomic mass is 16.5. The van der Waals surface area contributed by atoms with E-state index in [1.165, 1.54) is 13.3 Å². The van der Waals surface area contributed by atoms with Gasteiger partial charge < -0.3 is 9.47 Å². The molecule has 0 aliphatic carbocycles. The van der Waals surface area contributed by atoms with Crippen molar-refractivity contribution >= 4 is 5.97 Å². The highest BCUT2D eigenvalue weighted by molar-refractivity contribution is 5.87. The number of pyridine rings is 1. The van der Waals surface area contributed by atoms with Crippen molar-refractivity contribution < 1.29 is 14.3 Å². The summed E-state index contributed by atoms with van der Waals surface area (Å²) in [4.78, 5) is 15.5. The molecule has 0 spiro atoms. The Labute approximate surface area is 152 Å². The van der Waals surface area contributed by atoms with E-state index in [4.69, 9.17) is 4.74 Å². The summed E-state index contributed by atoms with van der Waals surface area (Å²) in [5, 5.41) is 0. The van der Waals surface area contributed by atoms with Crippen LogP contribution in [0.15, 0.2) is 72.9 Å². The fraction of sp³-hybridized carbons (Fsp3) is 0.0909. The fourth-order valence-corrected chi connectivity index (χ4v) is 2.24. The molecule has 4 heteroatoms. The molecule has 128 valence electrons. The number of carbonyl (C=O) groups is 1. The molecule has 1 heterocycles. The summed E-state index contributed by atoms with van der Waals surface area (Å²) in [5.74, 6) is 6.39. The Hall–Kier alpha value is -3.58. The second-order valence-corrected chi connectivity index (χ2v) is 5.47. The number of hydrogen-bond acceptors (Lipinski definition) is 4. The predicted octanol–water partition coefficient (Wildman–Crippen LogP) is 3.85. The van der Waals surface area contributed by atoms with Crippen LogP contribution in [-0.4, -0.2) is 18.1 Å². The van der Waals surface area contributed by atoms with E-state index in [-0.39, 0.29) is 5.69 Å². The minimum absolute atomic E-state index is 0.240. The number of hydrogen-bond donors (Lipinski definition) is 0. The highest BCUT2D eigenvalue weighted by Crippen LogP contribution is 2.14. The minimum Gasteiger partial charge on any atom is -0.489 e. The Morgan fingerprint density at radius 1 is 0.962 bits per heavy atom. The van der Waals surface area contributed by atoms with Crippen molar-refractivity contribution in [1.82, 2.24) is 4.98 Å². The molecule has 0 fully saturated rings. The van der Waals surface area contributed by atoms with Crippen molar-refractivity contribution in [2.75, 3.05) is 7.11 Å². The second kappa shape index (κ2) is 8.50. The van der Waals surface area contributed by atoms with Gasteiger partial charge in [0.1, 0.15) is 18.1 Å².